The average molecular weight is 830 g/mol. The van der Waals surface area contributed by atoms with E-state index in [4.69, 9.17) is 0 Å². The second kappa shape index (κ2) is 12.6. The van der Waals surface area contributed by atoms with Gasteiger partial charge in [-0.25, -0.2) is 0 Å². The topological polar surface area (TPSA) is 0 Å². The van der Waals surface area contributed by atoms with Crippen LogP contribution in [0.3, 0.4) is 0 Å². The molecule has 1 fully saturated rings. The van der Waals surface area contributed by atoms with E-state index in [1.807, 2.05) is 0 Å². The molecule has 1 saturated carbocycles. The summed E-state index contributed by atoms with van der Waals surface area (Å²) in [6.45, 7) is 16.7. The molecule has 0 amide bonds. The minimum absolute atomic E-state index is 0.160. The molecule has 49 heavy (non-hydrogen) atoms. The fourth-order valence-electron chi connectivity index (χ4n) is 9.89. The molecule has 3 aliphatic rings. The van der Waals surface area contributed by atoms with Crippen molar-refractivity contribution < 1.29 is 17.1 Å². The molecule has 7 rings (SSSR count). The van der Waals surface area contributed by atoms with Crippen molar-refractivity contribution in [3.63, 3.8) is 0 Å². The van der Waals surface area contributed by atoms with Crippen LogP contribution in [0.25, 0.3) is 34.4 Å². The molecule has 3 aliphatic carbocycles. The van der Waals surface area contributed by atoms with Crippen molar-refractivity contribution in [1.29, 1.82) is 0 Å². The maximum absolute atomic E-state index is 3.93. The van der Waals surface area contributed by atoms with Gasteiger partial charge in [-0.2, -0.15) is 0 Å². The van der Waals surface area contributed by atoms with Crippen LogP contribution in [0.2, 0.25) is 21.4 Å². The maximum atomic E-state index is 2.93. The van der Waals surface area contributed by atoms with Crippen LogP contribution in [0.1, 0.15) is 114 Å². The zero-order valence-electron chi connectivity index (χ0n) is 31.7. The van der Waals surface area contributed by atoms with Crippen molar-refractivity contribution in [2.24, 2.45) is 0 Å². The summed E-state index contributed by atoms with van der Waals surface area (Å²) < 4.78 is 7.00. The Kier molecular flexibility index (Phi) is 8.96. The fourth-order valence-corrected chi connectivity index (χ4v) is 60.1. The van der Waals surface area contributed by atoms with Crippen LogP contribution in [0.4, 0.5) is 0 Å². The zero-order chi connectivity index (χ0) is 34.8. The second-order valence-corrected chi connectivity index (χ2v) is 65.4. The normalized spacial score (nSPS) is 19.6. The van der Waals surface area contributed by atoms with Gasteiger partial charge in [-0.15, -0.1) is 0 Å². The van der Waals surface area contributed by atoms with Gasteiger partial charge in [-0.3, -0.25) is 0 Å². The molecule has 4 aromatic carbocycles. The van der Waals surface area contributed by atoms with Gasteiger partial charge >= 0.3 is 301 Å². The first kappa shape index (κ1) is 34.9. The van der Waals surface area contributed by atoms with Crippen molar-refractivity contribution in [3.8, 4) is 22.3 Å². The molecule has 0 bridgehead atoms. The SMILES string of the molecule is C[Si](C1CCCCC1)=[Hf]([CH3])([CH3])([CH]1C=Cc2c(-c3ccc(C(C)(C)C)cc3)cccc21)[CH]1C=Cc2c(-c3ccc(C(C)(C)C)cc3)cccc21. The van der Waals surface area contributed by atoms with Crippen LogP contribution >= 0.6 is 0 Å². The van der Waals surface area contributed by atoms with Gasteiger partial charge < -0.3 is 0 Å². The summed E-state index contributed by atoms with van der Waals surface area (Å²) in [4.78, 5) is 0. The Morgan fingerprint density at radius 3 is 1.35 bits per heavy atom. The molecular weight excluding hydrogens is 771 g/mol. The molecule has 0 saturated heterocycles. The van der Waals surface area contributed by atoms with Gasteiger partial charge in [0.25, 0.3) is 0 Å². The third kappa shape index (κ3) is 6.01. The summed E-state index contributed by atoms with van der Waals surface area (Å²) in [5.74, 6) is 0. The van der Waals surface area contributed by atoms with Gasteiger partial charge in [0.2, 0.25) is 0 Å². The molecule has 2 heteroatoms. The van der Waals surface area contributed by atoms with Crippen molar-refractivity contribution in [1.82, 2.24) is 0 Å². The van der Waals surface area contributed by atoms with E-state index in [0.29, 0.717) is 7.35 Å². The van der Waals surface area contributed by atoms with Gasteiger partial charge in [-0.05, 0) is 0 Å². The van der Waals surface area contributed by atoms with E-state index in [-0.39, 0.29) is 10.8 Å². The predicted molar refractivity (Wildman–Crippen MR) is 215 cm³/mol. The van der Waals surface area contributed by atoms with Gasteiger partial charge in [0.15, 0.2) is 0 Å². The van der Waals surface area contributed by atoms with Crippen molar-refractivity contribution in [3.05, 3.63) is 130 Å². The summed E-state index contributed by atoms with van der Waals surface area (Å²) in [5, 5.41) is 0. The monoisotopic (exact) mass is 830 g/mol. The van der Waals surface area contributed by atoms with Crippen LogP contribution in [0.5, 0.6) is 0 Å². The predicted octanol–water partition coefficient (Wildman–Crippen LogP) is 14.2. The van der Waals surface area contributed by atoms with Gasteiger partial charge in [0, 0.05) is 0 Å². The molecular formula is C47H58HfSi. The first-order valence-electron chi connectivity index (χ1n) is 19.1. The van der Waals surface area contributed by atoms with E-state index in [9.17, 15) is 0 Å². The number of hydrogen-bond acceptors (Lipinski definition) is 0. The Bertz CT molecular complexity index is 1880. The van der Waals surface area contributed by atoms with Crippen LogP contribution in [0, 0.1) is 0 Å². The van der Waals surface area contributed by atoms with E-state index in [0.717, 1.165) is 5.54 Å². The molecule has 0 radical (unpaired) electrons. The first-order chi connectivity index (χ1) is 23.2. The third-order valence-electron chi connectivity index (χ3n) is 13.4. The Balaban J connectivity index is 1.37. The molecule has 0 heterocycles. The summed E-state index contributed by atoms with van der Waals surface area (Å²) in [7, 11) is 0. The standard InChI is InChI=1S/2C19H19.C7H14Si.2CH3.Hf/c2*1-19(2,3)16-12-10-15(11-13-16)18-9-5-7-14-6-4-8-17(14)18;1-8-7-5-3-2-4-6-7;;;/h2*4-13H,1-3H3;7H,2-6H2,1H3;2*1H3;. The zero-order valence-corrected chi connectivity index (χ0v) is 36.3. The molecule has 2 unspecified atom stereocenters. The van der Waals surface area contributed by atoms with Crippen LogP contribution < -0.4 is 0 Å². The van der Waals surface area contributed by atoms with Gasteiger partial charge in [0.1, 0.15) is 0 Å². The Labute approximate surface area is 298 Å². The second-order valence-electron chi connectivity index (χ2n) is 18.6. The Morgan fingerprint density at radius 2 is 0.959 bits per heavy atom. The first-order valence-corrected chi connectivity index (χ1v) is 37.9. The Morgan fingerprint density at radius 1 is 0.551 bits per heavy atom. The summed E-state index contributed by atoms with van der Waals surface area (Å²) in [5.41, 5.74) is 15.1. The molecule has 0 aliphatic heterocycles. The quantitative estimate of drug-likeness (QED) is 0.176. The molecule has 2 atom stereocenters. The number of benzene rings is 4. The Hall–Kier alpha value is -2.55. The molecule has 0 nitrogen and oxygen atoms in total. The summed E-state index contributed by atoms with van der Waals surface area (Å²) in [6.07, 6.45) is 17.7. The van der Waals surface area contributed by atoms with Crippen LogP contribution in [-0.4, -0.2) is 5.49 Å². The van der Waals surface area contributed by atoms with Crippen molar-refractivity contribution in [2.75, 3.05) is 0 Å². The van der Waals surface area contributed by atoms with Gasteiger partial charge in [0.05, 0.1) is 0 Å². The number of allylic oxidation sites excluding steroid dienone is 2. The molecule has 0 spiro atoms. The number of fused-ring (bicyclic) bond motifs is 2. The van der Waals surface area contributed by atoms with Crippen LogP contribution in [0.15, 0.2) is 97.1 Å². The van der Waals surface area contributed by atoms with E-state index in [1.54, 1.807) is 11.1 Å². The number of rotatable bonds is 5. The average Bonchev–Trinajstić information content (AvgIpc) is 3.74. The van der Waals surface area contributed by atoms with Crippen molar-refractivity contribution >= 4 is 17.6 Å². The summed E-state index contributed by atoms with van der Waals surface area (Å²) in [6, 6.07) is 33.4. The van der Waals surface area contributed by atoms with E-state index < -0.39 is 22.6 Å². The molecule has 0 N–H and O–H groups in total. The molecule has 254 valence electrons. The van der Waals surface area contributed by atoms with E-state index in [2.05, 4.69) is 167 Å². The minimum atomic E-state index is -3.93. The fraction of sp³-hybridized carbons (Fsp3) is 0.404. The third-order valence-corrected chi connectivity index (χ3v) is 71.3. The van der Waals surface area contributed by atoms with Gasteiger partial charge in [-0.1, -0.05) is 0 Å². The summed E-state index contributed by atoms with van der Waals surface area (Å²) >= 11 is -3.93. The number of hydrogen-bond donors (Lipinski definition) is 0. The van der Waals surface area contributed by atoms with Crippen LogP contribution in [-0.2, 0) is 28.0 Å². The molecule has 4 aromatic rings. The van der Waals surface area contributed by atoms with E-state index in [1.165, 1.54) is 76.6 Å². The molecule has 0 aromatic heterocycles. The van der Waals surface area contributed by atoms with Crippen molar-refractivity contribution in [2.45, 2.75) is 113 Å². The van der Waals surface area contributed by atoms with E-state index >= 15 is 0 Å².